The Bertz CT molecular complexity index is 264. The number of hydrogen-bond donors (Lipinski definition) is 2. The van der Waals surface area contributed by atoms with E-state index < -0.39 is 0 Å². The highest BCUT2D eigenvalue weighted by atomic mass is 14.9. The van der Waals surface area contributed by atoms with Crippen molar-refractivity contribution >= 4 is 5.69 Å². The van der Waals surface area contributed by atoms with Crippen molar-refractivity contribution in [3.63, 3.8) is 0 Å². The quantitative estimate of drug-likeness (QED) is 0.702. The molecule has 0 saturated carbocycles. The van der Waals surface area contributed by atoms with Gasteiger partial charge in [-0.3, -0.25) is 0 Å². The first-order valence-electron chi connectivity index (χ1n) is 5.75. The first-order valence-corrected chi connectivity index (χ1v) is 5.75. The van der Waals surface area contributed by atoms with Crippen LogP contribution in [-0.2, 0) is 6.42 Å². The summed E-state index contributed by atoms with van der Waals surface area (Å²) < 4.78 is 0. The van der Waals surface area contributed by atoms with E-state index in [0.717, 1.165) is 31.8 Å². The topological polar surface area (TPSA) is 38.0 Å². The van der Waals surface area contributed by atoms with Gasteiger partial charge in [0.15, 0.2) is 0 Å². The molecule has 0 saturated heterocycles. The van der Waals surface area contributed by atoms with Crippen LogP contribution in [0.2, 0.25) is 0 Å². The molecule has 1 rings (SSSR count). The molecule has 84 valence electrons. The predicted molar refractivity (Wildman–Crippen MR) is 67.1 cm³/mol. The van der Waals surface area contributed by atoms with Gasteiger partial charge < -0.3 is 11.1 Å². The maximum absolute atomic E-state index is 5.43. The number of benzene rings is 1. The van der Waals surface area contributed by atoms with Gasteiger partial charge in [0.2, 0.25) is 0 Å². The van der Waals surface area contributed by atoms with Crippen molar-refractivity contribution in [2.45, 2.75) is 26.7 Å². The van der Waals surface area contributed by atoms with Crippen LogP contribution in [-0.4, -0.2) is 13.1 Å². The van der Waals surface area contributed by atoms with Gasteiger partial charge in [0.25, 0.3) is 0 Å². The minimum Gasteiger partial charge on any atom is -0.385 e. The van der Waals surface area contributed by atoms with Crippen molar-refractivity contribution in [1.29, 1.82) is 0 Å². The zero-order chi connectivity index (χ0) is 11.1. The molecule has 1 aromatic rings. The lowest BCUT2D eigenvalue weighted by Crippen LogP contribution is -2.08. The third kappa shape index (κ3) is 4.84. The van der Waals surface area contributed by atoms with Crippen molar-refractivity contribution in [3.8, 4) is 0 Å². The highest BCUT2D eigenvalue weighted by Crippen LogP contribution is 2.12. The van der Waals surface area contributed by atoms with Gasteiger partial charge in [-0.1, -0.05) is 26.0 Å². The Balaban J connectivity index is 2.42. The Morgan fingerprint density at radius 3 is 2.40 bits per heavy atom. The summed E-state index contributed by atoms with van der Waals surface area (Å²) in [6.07, 6.45) is 2.18. The fourth-order valence-electron chi connectivity index (χ4n) is 1.56. The maximum atomic E-state index is 5.43. The summed E-state index contributed by atoms with van der Waals surface area (Å²) in [6, 6.07) is 8.69. The van der Waals surface area contributed by atoms with E-state index in [-0.39, 0.29) is 0 Å². The molecule has 0 aliphatic rings. The number of hydrogen-bond acceptors (Lipinski definition) is 2. The Morgan fingerprint density at radius 1 is 1.20 bits per heavy atom. The van der Waals surface area contributed by atoms with Crippen molar-refractivity contribution in [3.05, 3.63) is 29.8 Å². The van der Waals surface area contributed by atoms with Gasteiger partial charge in [0, 0.05) is 12.2 Å². The lowest BCUT2D eigenvalue weighted by Gasteiger charge is -2.08. The second-order valence-electron chi connectivity index (χ2n) is 4.36. The summed E-state index contributed by atoms with van der Waals surface area (Å²) in [5.41, 5.74) is 8.03. The molecule has 0 unspecified atom stereocenters. The number of nitrogens with two attached hydrogens (primary N) is 1. The van der Waals surface area contributed by atoms with Crippen molar-refractivity contribution in [2.75, 3.05) is 18.4 Å². The molecular formula is C13H22N2. The lowest BCUT2D eigenvalue weighted by atomic mass is 10.0. The summed E-state index contributed by atoms with van der Waals surface area (Å²) in [4.78, 5) is 0. The summed E-state index contributed by atoms with van der Waals surface area (Å²) in [6.45, 7) is 6.19. The fourth-order valence-corrected chi connectivity index (χ4v) is 1.56. The van der Waals surface area contributed by atoms with Crippen LogP contribution in [0.25, 0.3) is 0 Å². The van der Waals surface area contributed by atoms with Crippen LogP contribution in [0.4, 0.5) is 5.69 Å². The molecular weight excluding hydrogens is 184 g/mol. The minimum absolute atomic E-state index is 0.723. The van der Waals surface area contributed by atoms with Crippen LogP contribution in [0.1, 0.15) is 25.8 Å². The highest BCUT2D eigenvalue weighted by molar-refractivity contribution is 5.44. The van der Waals surface area contributed by atoms with Crippen LogP contribution in [0, 0.1) is 5.92 Å². The van der Waals surface area contributed by atoms with Crippen molar-refractivity contribution in [1.82, 2.24) is 0 Å². The monoisotopic (exact) mass is 206 g/mol. The molecule has 0 aliphatic heterocycles. The van der Waals surface area contributed by atoms with Crippen LogP contribution < -0.4 is 11.1 Å². The molecule has 2 heteroatoms. The van der Waals surface area contributed by atoms with E-state index in [1.165, 1.54) is 11.3 Å². The van der Waals surface area contributed by atoms with Crippen LogP contribution in [0.15, 0.2) is 24.3 Å². The molecule has 0 bridgehead atoms. The molecule has 0 aromatic heterocycles. The van der Waals surface area contributed by atoms with E-state index in [1.54, 1.807) is 0 Å². The third-order valence-corrected chi connectivity index (χ3v) is 2.31. The molecule has 0 fully saturated rings. The molecule has 15 heavy (non-hydrogen) atoms. The molecule has 0 radical (unpaired) electrons. The van der Waals surface area contributed by atoms with Gasteiger partial charge in [-0.05, 0) is 43.0 Å². The average molecular weight is 206 g/mol. The highest BCUT2D eigenvalue weighted by Gasteiger charge is 1.97. The van der Waals surface area contributed by atoms with Gasteiger partial charge >= 0.3 is 0 Å². The smallest absolute Gasteiger partial charge is 0.0340 e. The van der Waals surface area contributed by atoms with E-state index in [0.29, 0.717) is 0 Å². The van der Waals surface area contributed by atoms with Crippen LogP contribution in [0.3, 0.4) is 0 Å². The van der Waals surface area contributed by atoms with E-state index >= 15 is 0 Å². The zero-order valence-electron chi connectivity index (χ0n) is 9.79. The van der Waals surface area contributed by atoms with E-state index in [2.05, 4.69) is 43.4 Å². The standard InChI is InChI=1S/C13H22N2/c1-11(2)10-12-4-6-13(7-5-12)15-9-3-8-14/h4-7,11,15H,3,8-10,14H2,1-2H3. The fraction of sp³-hybridized carbons (Fsp3) is 0.538. The first kappa shape index (κ1) is 12.1. The van der Waals surface area contributed by atoms with Crippen molar-refractivity contribution < 1.29 is 0 Å². The molecule has 0 heterocycles. The third-order valence-electron chi connectivity index (χ3n) is 2.31. The molecule has 0 atom stereocenters. The van der Waals surface area contributed by atoms with E-state index in [1.807, 2.05) is 0 Å². The summed E-state index contributed by atoms with van der Waals surface area (Å²) in [5, 5.41) is 3.35. The molecule has 1 aromatic carbocycles. The maximum Gasteiger partial charge on any atom is 0.0340 e. The first-order chi connectivity index (χ1) is 7.22. The number of nitrogens with one attached hydrogen (secondary N) is 1. The molecule has 0 aliphatic carbocycles. The van der Waals surface area contributed by atoms with Crippen LogP contribution in [0.5, 0.6) is 0 Å². The van der Waals surface area contributed by atoms with Gasteiger partial charge in [-0.15, -0.1) is 0 Å². The molecule has 0 spiro atoms. The summed E-state index contributed by atoms with van der Waals surface area (Å²) in [7, 11) is 0. The molecule has 2 nitrogen and oxygen atoms in total. The van der Waals surface area contributed by atoms with E-state index in [9.17, 15) is 0 Å². The van der Waals surface area contributed by atoms with Gasteiger partial charge in [0.1, 0.15) is 0 Å². The SMILES string of the molecule is CC(C)Cc1ccc(NCCCN)cc1. The minimum atomic E-state index is 0.723. The van der Waals surface area contributed by atoms with Gasteiger partial charge in [-0.25, -0.2) is 0 Å². The van der Waals surface area contributed by atoms with Gasteiger partial charge in [-0.2, -0.15) is 0 Å². The normalized spacial score (nSPS) is 10.7. The van der Waals surface area contributed by atoms with E-state index in [4.69, 9.17) is 5.73 Å². The summed E-state index contributed by atoms with van der Waals surface area (Å²) >= 11 is 0. The average Bonchev–Trinajstić information content (AvgIpc) is 2.20. The number of anilines is 1. The lowest BCUT2D eigenvalue weighted by molar-refractivity contribution is 0.647. The predicted octanol–water partition coefficient (Wildman–Crippen LogP) is 2.65. The second kappa shape index (κ2) is 6.46. The Hall–Kier alpha value is -1.02. The largest absolute Gasteiger partial charge is 0.385 e. The Kier molecular flexibility index (Phi) is 5.19. The Labute approximate surface area is 92.9 Å². The van der Waals surface area contributed by atoms with Crippen molar-refractivity contribution in [2.24, 2.45) is 11.7 Å². The van der Waals surface area contributed by atoms with Crippen LogP contribution >= 0.6 is 0 Å². The second-order valence-corrected chi connectivity index (χ2v) is 4.36. The van der Waals surface area contributed by atoms with Gasteiger partial charge in [0.05, 0.1) is 0 Å². The Morgan fingerprint density at radius 2 is 1.87 bits per heavy atom. The molecule has 0 amide bonds. The zero-order valence-corrected chi connectivity index (χ0v) is 9.79. The summed E-state index contributed by atoms with van der Waals surface area (Å²) in [5.74, 6) is 0.723. The number of rotatable bonds is 6. The molecule has 3 N–H and O–H groups in total.